The zero-order valence-corrected chi connectivity index (χ0v) is 10.3. The molecule has 0 saturated heterocycles. The normalized spacial score (nSPS) is 47.6. The number of rotatable bonds is 1. The summed E-state index contributed by atoms with van der Waals surface area (Å²) < 4.78 is 2.06. The molecule has 4 aliphatic rings. The summed E-state index contributed by atoms with van der Waals surface area (Å²) in [6.07, 6.45) is 8.47. The van der Waals surface area contributed by atoms with Crippen LogP contribution in [0.1, 0.15) is 44.3 Å². The second kappa shape index (κ2) is 2.91. The lowest BCUT2D eigenvalue weighted by atomic mass is 9.51. The fraction of sp³-hybridized carbons (Fsp3) is 0.846. The minimum atomic E-state index is -0.413. The van der Waals surface area contributed by atoms with Gasteiger partial charge >= 0.3 is 0 Å². The van der Waals surface area contributed by atoms with Crippen LogP contribution in [0, 0.1) is 18.8 Å². The molecule has 92 valence electrons. The van der Waals surface area contributed by atoms with Crippen LogP contribution in [0.3, 0.4) is 0 Å². The first-order valence-corrected chi connectivity index (χ1v) is 6.68. The molecule has 1 aromatic rings. The van der Waals surface area contributed by atoms with Crippen molar-refractivity contribution < 1.29 is 5.11 Å². The van der Waals surface area contributed by atoms with Crippen molar-refractivity contribution in [2.45, 2.75) is 56.6 Å². The molecule has 2 unspecified atom stereocenters. The lowest BCUT2D eigenvalue weighted by Gasteiger charge is -2.59. The van der Waals surface area contributed by atoms with E-state index in [4.69, 9.17) is 0 Å². The van der Waals surface area contributed by atoms with Crippen LogP contribution in [0.4, 0.5) is 0 Å². The fourth-order valence-electron chi connectivity index (χ4n) is 5.01. The SMILES string of the molecule is Cc1ncn(C23C[C@@H]4C[C@@H](CC(O)(C4)C2)C3)n1. The molecular weight excluding hydrogens is 214 g/mol. The van der Waals surface area contributed by atoms with E-state index >= 15 is 0 Å². The van der Waals surface area contributed by atoms with E-state index in [1.807, 2.05) is 13.3 Å². The summed E-state index contributed by atoms with van der Waals surface area (Å²) in [6, 6.07) is 0. The predicted octanol–water partition coefficient (Wildman–Crippen LogP) is 1.63. The van der Waals surface area contributed by atoms with Crippen molar-refractivity contribution in [3.63, 3.8) is 0 Å². The van der Waals surface area contributed by atoms with Gasteiger partial charge in [-0.15, -0.1) is 0 Å². The van der Waals surface area contributed by atoms with Crippen LogP contribution < -0.4 is 0 Å². The molecule has 0 aliphatic heterocycles. The first-order chi connectivity index (χ1) is 8.07. The van der Waals surface area contributed by atoms with E-state index in [1.165, 1.54) is 19.3 Å². The number of nitrogens with zero attached hydrogens (tertiary/aromatic N) is 3. The Kier molecular flexibility index (Phi) is 1.72. The Bertz CT molecular complexity index is 453. The molecule has 5 rings (SSSR count). The molecule has 1 aromatic heterocycles. The molecule has 4 atom stereocenters. The van der Waals surface area contributed by atoms with E-state index in [1.54, 1.807) is 0 Å². The van der Waals surface area contributed by atoms with Crippen molar-refractivity contribution >= 4 is 0 Å². The van der Waals surface area contributed by atoms with E-state index in [0.717, 1.165) is 25.1 Å². The van der Waals surface area contributed by atoms with E-state index in [2.05, 4.69) is 14.8 Å². The molecule has 4 aliphatic carbocycles. The predicted molar refractivity (Wildman–Crippen MR) is 62.4 cm³/mol. The maximum atomic E-state index is 10.7. The summed E-state index contributed by atoms with van der Waals surface area (Å²) in [4.78, 5) is 4.27. The molecule has 4 bridgehead atoms. The van der Waals surface area contributed by atoms with Gasteiger partial charge in [0.05, 0.1) is 11.1 Å². The molecule has 0 spiro atoms. The third-order valence-electron chi connectivity index (χ3n) is 5.09. The highest BCUT2D eigenvalue weighted by molar-refractivity contribution is 5.10. The van der Waals surface area contributed by atoms with Crippen LogP contribution in [0.2, 0.25) is 0 Å². The first-order valence-electron chi connectivity index (χ1n) is 6.68. The number of aryl methyl sites for hydroxylation is 1. The lowest BCUT2D eigenvalue weighted by molar-refractivity contribution is -0.159. The van der Waals surface area contributed by atoms with Crippen molar-refractivity contribution in [2.24, 2.45) is 11.8 Å². The minimum Gasteiger partial charge on any atom is -0.390 e. The number of hydrogen-bond acceptors (Lipinski definition) is 3. The summed E-state index contributed by atoms with van der Waals surface area (Å²) in [5.74, 6) is 2.24. The summed E-state index contributed by atoms with van der Waals surface area (Å²) in [5.41, 5.74) is -0.343. The van der Waals surface area contributed by atoms with Gasteiger partial charge in [-0.2, -0.15) is 5.10 Å². The van der Waals surface area contributed by atoms with E-state index in [0.29, 0.717) is 11.8 Å². The Morgan fingerprint density at radius 3 is 2.53 bits per heavy atom. The lowest BCUT2D eigenvalue weighted by Crippen LogP contribution is -2.59. The Morgan fingerprint density at radius 1 is 1.29 bits per heavy atom. The first kappa shape index (κ1) is 10.1. The van der Waals surface area contributed by atoms with Gasteiger partial charge in [-0.3, -0.25) is 0 Å². The smallest absolute Gasteiger partial charge is 0.147 e. The van der Waals surface area contributed by atoms with Crippen molar-refractivity contribution in [3.8, 4) is 0 Å². The Balaban J connectivity index is 1.79. The second-order valence-electron chi connectivity index (χ2n) is 6.65. The Hall–Kier alpha value is -0.900. The topological polar surface area (TPSA) is 50.9 Å². The highest BCUT2D eigenvalue weighted by Crippen LogP contribution is 2.60. The third kappa shape index (κ3) is 1.33. The molecule has 0 aromatic carbocycles. The van der Waals surface area contributed by atoms with Crippen LogP contribution in [0.5, 0.6) is 0 Å². The summed E-state index contributed by atoms with van der Waals surface area (Å²) in [7, 11) is 0. The standard InChI is InChI=1S/C13H19N3O/c1-9-14-8-16(15-9)12-3-10-2-11(4-12)6-13(17,5-10)7-12/h8,10-11,17H,2-7H2,1H3/t10-,11+,12?,13?. The van der Waals surface area contributed by atoms with Gasteiger partial charge in [0.25, 0.3) is 0 Å². The van der Waals surface area contributed by atoms with Gasteiger partial charge in [-0.25, -0.2) is 9.67 Å². The second-order valence-corrected chi connectivity index (χ2v) is 6.65. The van der Waals surface area contributed by atoms with E-state index in [-0.39, 0.29) is 5.54 Å². The van der Waals surface area contributed by atoms with E-state index < -0.39 is 5.60 Å². The molecule has 4 heteroatoms. The summed E-state index contributed by atoms with van der Waals surface area (Å²) in [5, 5.41) is 15.2. The third-order valence-corrected chi connectivity index (χ3v) is 5.09. The Morgan fingerprint density at radius 2 is 2.00 bits per heavy atom. The molecule has 17 heavy (non-hydrogen) atoms. The molecule has 0 amide bonds. The summed E-state index contributed by atoms with van der Waals surface area (Å²) in [6.45, 7) is 1.94. The van der Waals surface area contributed by atoms with Crippen LogP contribution in [-0.4, -0.2) is 25.5 Å². The maximum absolute atomic E-state index is 10.7. The van der Waals surface area contributed by atoms with Crippen molar-refractivity contribution in [1.82, 2.24) is 14.8 Å². The van der Waals surface area contributed by atoms with Crippen molar-refractivity contribution in [2.75, 3.05) is 0 Å². The molecule has 4 saturated carbocycles. The van der Waals surface area contributed by atoms with E-state index in [9.17, 15) is 5.11 Å². The van der Waals surface area contributed by atoms with Crippen molar-refractivity contribution in [3.05, 3.63) is 12.2 Å². The highest BCUT2D eigenvalue weighted by Gasteiger charge is 2.58. The van der Waals surface area contributed by atoms with Crippen LogP contribution in [-0.2, 0) is 5.54 Å². The Labute approximate surface area is 101 Å². The monoisotopic (exact) mass is 233 g/mol. The minimum absolute atomic E-state index is 0.0695. The molecule has 1 N–H and O–H groups in total. The average molecular weight is 233 g/mol. The van der Waals surface area contributed by atoms with Gasteiger partial charge < -0.3 is 5.11 Å². The van der Waals surface area contributed by atoms with Crippen LogP contribution in [0.15, 0.2) is 6.33 Å². The van der Waals surface area contributed by atoms with Gasteiger partial charge in [-0.05, 0) is 50.9 Å². The number of aromatic nitrogens is 3. The molecule has 0 radical (unpaired) electrons. The van der Waals surface area contributed by atoms with Gasteiger partial charge in [0.15, 0.2) is 0 Å². The highest BCUT2D eigenvalue weighted by atomic mass is 16.3. The zero-order valence-electron chi connectivity index (χ0n) is 10.3. The molecular formula is C13H19N3O. The number of hydrogen-bond donors (Lipinski definition) is 1. The van der Waals surface area contributed by atoms with Gasteiger partial charge in [0, 0.05) is 6.42 Å². The molecule has 4 nitrogen and oxygen atoms in total. The molecule has 4 fully saturated rings. The zero-order chi connectivity index (χ0) is 11.7. The average Bonchev–Trinajstić information content (AvgIpc) is 2.61. The van der Waals surface area contributed by atoms with Gasteiger partial charge in [-0.1, -0.05) is 0 Å². The summed E-state index contributed by atoms with van der Waals surface area (Å²) >= 11 is 0. The van der Waals surface area contributed by atoms with Gasteiger partial charge in [0.2, 0.25) is 0 Å². The van der Waals surface area contributed by atoms with Gasteiger partial charge in [0.1, 0.15) is 12.2 Å². The largest absolute Gasteiger partial charge is 0.390 e. The van der Waals surface area contributed by atoms with Crippen LogP contribution >= 0.6 is 0 Å². The quantitative estimate of drug-likeness (QED) is 0.802. The van der Waals surface area contributed by atoms with Crippen molar-refractivity contribution in [1.29, 1.82) is 0 Å². The maximum Gasteiger partial charge on any atom is 0.147 e. The molecule has 1 heterocycles. The fourth-order valence-corrected chi connectivity index (χ4v) is 5.01. The number of aliphatic hydroxyl groups is 1. The van der Waals surface area contributed by atoms with Crippen LogP contribution in [0.25, 0.3) is 0 Å².